The molecular weight excluding hydrogens is 332 g/mol. The van der Waals surface area contributed by atoms with Crippen molar-refractivity contribution >= 4 is 11.4 Å². The number of hydrogen-bond acceptors (Lipinski definition) is 5. The number of hydrogen-bond donors (Lipinski definition) is 0. The lowest BCUT2D eigenvalue weighted by Crippen LogP contribution is -2.51. The molecule has 0 bridgehead atoms. The number of halogens is 2. The number of likely N-dealkylation sites (tertiary alicyclic amines) is 1. The van der Waals surface area contributed by atoms with E-state index in [1.54, 1.807) is 12.1 Å². The first-order chi connectivity index (χ1) is 11.9. The van der Waals surface area contributed by atoms with Gasteiger partial charge in [0.25, 0.3) is 5.92 Å². The molecule has 1 aromatic carbocycles. The van der Waals surface area contributed by atoms with Gasteiger partial charge in [0.15, 0.2) is 5.75 Å². The summed E-state index contributed by atoms with van der Waals surface area (Å²) in [5, 5.41) is 11.0. The maximum atomic E-state index is 13.6. The van der Waals surface area contributed by atoms with Gasteiger partial charge < -0.3 is 9.64 Å². The number of ether oxygens (including phenoxy) is 1. The molecule has 2 heterocycles. The lowest BCUT2D eigenvalue weighted by atomic mass is 9.98. The van der Waals surface area contributed by atoms with Crippen molar-refractivity contribution < 1.29 is 18.4 Å². The molecule has 2 aliphatic heterocycles. The van der Waals surface area contributed by atoms with Crippen LogP contribution in [0.1, 0.15) is 25.7 Å². The Kier molecular flexibility index (Phi) is 5.08. The molecule has 0 atom stereocenters. The smallest absolute Gasteiger partial charge is 0.311 e. The number of nitro groups is 1. The molecule has 25 heavy (non-hydrogen) atoms. The normalized spacial score (nSPS) is 22.0. The zero-order valence-corrected chi connectivity index (χ0v) is 14.3. The van der Waals surface area contributed by atoms with Gasteiger partial charge in [-0.3, -0.25) is 15.0 Å². The fourth-order valence-corrected chi connectivity index (χ4v) is 3.81. The molecule has 0 spiro atoms. The van der Waals surface area contributed by atoms with E-state index in [1.807, 2.05) is 4.90 Å². The molecule has 3 rings (SSSR count). The zero-order chi connectivity index (χ0) is 18.0. The summed E-state index contributed by atoms with van der Waals surface area (Å²) in [6, 6.07) is 5.02. The fourth-order valence-electron chi connectivity index (χ4n) is 3.81. The van der Waals surface area contributed by atoms with Crippen molar-refractivity contribution in [3.05, 3.63) is 28.3 Å². The van der Waals surface area contributed by atoms with E-state index in [9.17, 15) is 18.9 Å². The van der Waals surface area contributed by atoms with E-state index >= 15 is 0 Å². The second-order valence-corrected chi connectivity index (χ2v) is 6.76. The molecule has 2 saturated heterocycles. The minimum atomic E-state index is -2.57. The third-order valence-electron chi connectivity index (χ3n) is 5.13. The van der Waals surface area contributed by atoms with Crippen molar-refractivity contribution in [1.29, 1.82) is 0 Å². The number of benzene rings is 1. The van der Waals surface area contributed by atoms with E-state index in [0.29, 0.717) is 6.42 Å². The van der Waals surface area contributed by atoms with Gasteiger partial charge in [-0.1, -0.05) is 0 Å². The lowest BCUT2D eigenvalue weighted by Gasteiger charge is -2.42. The van der Waals surface area contributed by atoms with Crippen LogP contribution in [0.3, 0.4) is 0 Å². The van der Waals surface area contributed by atoms with E-state index in [4.69, 9.17) is 4.74 Å². The van der Waals surface area contributed by atoms with E-state index in [-0.39, 0.29) is 30.4 Å². The molecule has 0 aliphatic carbocycles. The minimum absolute atomic E-state index is 0.00899. The summed E-state index contributed by atoms with van der Waals surface area (Å²) < 4.78 is 32.4. The first-order valence-corrected chi connectivity index (χ1v) is 8.59. The number of nitro benzene ring substituents is 1. The van der Waals surface area contributed by atoms with Crippen molar-refractivity contribution in [2.45, 2.75) is 37.6 Å². The molecule has 0 radical (unpaired) electrons. The average Bonchev–Trinajstić information content (AvgIpc) is 2.60. The Morgan fingerprint density at radius 2 is 2.00 bits per heavy atom. The van der Waals surface area contributed by atoms with Gasteiger partial charge in [-0.05, 0) is 31.9 Å². The molecule has 0 aromatic heterocycles. The van der Waals surface area contributed by atoms with E-state index in [0.717, 1.165) is 38.2 Å². The third-order valence-corrected chi connectivity index (χ3v) is 5.13. The van der Waals surface area contributed by atoms with Crippen LogP contribution >= 0.6 is 0 Å². The largest absolute Gasteiger partial charge is 0.490 e. The molecule has 8 heteroatoms. The van der Waals surface area contributed by atoms with Gasteiger partial charge in [-0.2, -0.15) is 0 Å². The molecule has 2 aliphatic rings. The van der Waals surface area contributed by atoms with Gasteiger partial charge in [-0.25, -0.2) is 8.78 Å². The number of nitrogens with zero attached hydrogens (tertiary/aromatic N) is 3. The summed E-state index contributed by atoms with van der Waals surface area (Å²) in [6.45, 7) is 2.09. The maximum absolute atomic E-state index is 13.6. The molecule has 6 nitrogen and oxygen atoms in total. The van der Waals surface area contributed by atoms with Crippen LogP contribution in [0.25, 0.3) is 0 Å². The van der Waals surface area contributed by atoms with Crippen molar-refractivity contribution in [3.63, 3.8) is 0 Å². The summed E-state index contributed by atoms with van der Waals surface area (Å²) in [7, 11) is 1.41. The molecule has 0 amide bonds. The highest BCUT2D eigenvalue weighted by Crippen LogP contribution is 2.34. The van der Waals surface area contributed by atoms with Gasteiger partial charge >= 0.3 is 5.69 Å². The predicted octanol–water partition coefficient (Wildman–Crippen LogP) is 3.30. The Hall–Kier alpha value is -1.96. The van der Waals surface area contributed by atoms with Crippen LogP contribution in [0.15, 0.2) is 18.2 Å². The topological polar surface area (TPSA) is 58.8 Å². The summed E-state index contributed by atoms with van der Waals surface area (Å²) in [5.74, 6) is -2.33. The Labute approximate surface area is 145 Å². The van der Waals surface area contributed by atoms with Gasteiger partial charge in [0.2, 0.25) is 0 Å². The van der Waals surface area contributed by atoms with Crippen LogP contribution in [0.5, 0.6) is 5.75 Å². The molecule has 138 valence electrons. The van der Waals surface area contributed by atoms with Gasteiger partial charge in [0, 0.05) is 43.4 Å². The van der Waals surface area contributed by atoms with Gasteiger partial charge in [0.1, 0.15) is 0 Å². The predicted molar refractivity (Wildman–Crippen MR) is 90.6 cm³/mol. The highest BCUT2D eigenvalue weighted by atomic mass is 19.3. The first kappa shape index (κ1) is 17.8. The molecule has 0 unspecified atom stereocenters. The molecule has 0 N–H and O–H groups in total. The quantitative estimate of drug-likeness (QED) is 0.613. The zero-order valence-electron chi connectivity index (χ0n) is 14.3. The number of piperidine rings is 2. The van der Waals surface area contributed by atoms with E-state index < -0.39 is 10.8 Å². The molecular formula is C17H23F2N3O3. The summed E-state index contributed by atoms with van der Waals surface area (Å²) in [6.07, 6.45) is 2.17. The van der Waals surface area contributed by atoms with E-state index in [2.05, 4.69) is 4.90 Å². The fraction of sp³-hybridized carbons (Fsp3) is 0.647. The van der Waals surface area contributed by atoms with E-state index in [1.165, 1.54) is 13.2 Å². The van der Waals surface area contributed by atoms with Crippen LogP contribution in [0.4, 0.5) is 20.2 Å². The second kappa shape index (κ2) is 7.11. The van der Waals surface area contributed by atoms with Crippen LogP contribution in [-0.4, -0.2) is 55.1 Å². The summed E-state index contributed by atoms with van der Waals surface area (Å²) >= 11 is 0. The average molecular weight is 355 g/mol. The van der Waals surface area contributed by atoms with Crippen molar-refractivity contribution in [3.8, 4) is 5.75 Å². The SMILES string of the molecule is COc1cc(N2CCC(N3CCCC(F)(F)C3)CC2)ccc1[N+](=O)[O-]. The van der Waals surface area contributed by atoms with Crippen LogP contribution < -0.4 is 9.64 Å². The van der Waals surface area contributed by atoms with Crippen molar-refractivity contribution in [1.82, 2.24) is 4.90 Å². The van der Waals surface area contributed by atoms with Gasteiger partial charge in [0.05, 0.1) is 18.6 Å². The highest BCUT2D eigenvalue weighted by Gasteiger charge is 2.38. The van der Waals surface area contributed by atoms with Crippen LogP contribution in [0.2, 0.25) is 0 Å². The Balaban J connectivity index is 1.63. The van der Waals surface area contributed by atoms with Crippen LogP contribution in [0, 0.1) is 10.1 Å². The van der Waals surface area contributed by atoms with Crippen molar-refractivity contribution in [2.24, 2.45) is 0 Å². The molecule has 2 fully saturated rings. The monoisotopic (exact) mass is 355 g/mol. The number of methoxy groups -OCH3 is 1. The number of anilines is 1. The third kappa shape index (κ3) is 4.00. The lowest BCUT2D eigenvalue weighted by molar-refractivity contribution is -0.385. The Morgan fingerprint density at radius 1 is 1.28 bits per heavy atom. The second-order valence-electron chi connectivity index (χ2n) is 6.76. The minimum Gasteiger partial charge on any atom is -0.490 e. The first-order valence-electron chi connectivity index (χ1n) is 8.59. The summed E-state index contributed by atoms with van der Waals surface area (Å²) in [4.78, 5) is 14.6. The highest BCUT2D eigenvalue weighted by molar-refractivity contribution is 5.59. The Morgan fingerprint density at radius 3 is 2.60 bits per heavy atom. The van der Waals surface area contributed by atoms with Crippen molar-refractivity contribution in [2.75, 3.05) is 38.2 Å². The number of rotatable bonds is 4. The van der Waals surface area contributed by atoms with Gasteiger partial charge in [-0.15, -0.1) is 0 Å². The maximum Gasteiger partial charge on any atom is 0.311 e. The molecule has 0 saturated carbocycles. The van der Waals surface area contributed by atoms with Crippen LogP contribution in [-0.2, 0) is 0 Å². The summed E-state index contributed by atoms with van der Waals surface area (Å²) in [5.41, 5.74) is 0.807. The number of alkyl halides is 2. The standard InChI is InChI=1S/C17H23F2N3O3/c1-25-16-11-14(3-4-15(16)22(23)24)20-9-5-13(6-10-20)21-8-2-7-17(18,19)12-21/h3-4,11,13H,2,5-10,12H2,1H3. The Bertz CT molecular complexity index is 634. The molecule has 1 aromatic rings.